The number of carbonyl (C=O) groups is 2. The highest BCUT2D eigenvalue weighted by molar-refractivity contribution is 6.10. The summed E-state index contributed by atoms with van der Waals surface area (Å²) in [5.74, 6) is -0.721. The number of ether oxygens (including phenoxy) is 1. The van der Waals surface area contributed by atoms with Gasteiger partial charge in [0.05, 0.1) is 16.8 Å². The molecule has 5 nitrogen and oxygen atoms in total. The van der Waals surface area contributed by atoms with Crippen LogP contribution in [0.1, 0.15) is 42.3 Å². The van der Waals surface area contributed by atoms with Crippen LogP contribution in [-0.4, -0.2) is 22.6 Å². The predicted molar refractivity (Wildman–Crippen MR) is 104 cm³/mol. The Hall–Kier alpha value is -3.21. The van der Waals surface area contributed by atoms with E-state index in [4.69, 9.17) is 4.74 Å². The molecule has 0 fully saturated rings. The van der Waals surface area contributed by atoms with Gasteiger partial charge in [0.15, 0.2) is 0 Å². The van der Waals surface area contributed by atoms with E-state index >= 15 is 0 Å². The maximum atomic E-state index is 13.1. The van der Waals surface area contributed by atoms with E-state index in [1.54, 1.807) is 12.1 Å². The number of aryl methyl sites for hydroxylation is 1. The first-order valence-electron chi connectivity index (χ1n) is 8.74. The fraction of sp³-hybridized carbons (Fsp3) is 0.227. The van der Waals surface area contributed by atoms with E-state index < -0.39 is 11.4 Å². The van der Waals surface area contributed by atoms with E-state index in [1.807, 2.05) is 63.2 Å². The zero-order chi connectivity index (χ0) is 19.6. The van der Waals surface area contributed by atoms with E-state index in [-0.39, 0.29) is 5.91 Å². The molecule has 27 heavy (non-hydrogen) atoms. The summed E-state index contributed by atoms with van der Waals surface area (Å²) < 4.78 is 5.11. The number of benzene rings is 2. The first kappa shape index (κ1) is 18.6. The molecule has 0 saturated heterocycles. The second kappa shape index (κ2) is 7.19. The molecule has 1 aliphatic rings. The lowest BCUT2D eigenvalue weighted by atomic mass is 9.81. The molecule has 3 rings (SSSR count). The first-order valence-corrected chi connectivity index (χ1v) is 8.74. The topological polar surface area (TPSA) is 59.0 Å². The van der Waals surface area contributed by atoms with Crippen LogP contribution in [0.25, 0.3) is 0 Å². The van der Waals surface area contributed by atoms with Gasteiger partial charge in [-0.05, 0) is 38.5 Å². The van der Waals surface area contributed by atoms with Crippen molar-refractivity contribution in [2.75, 3.05) is 0 Å². The first-order chi connectivity index (χ1) is 12.8. The maximum Gasteiger partial charge on any atom is 0.307 e. The van der Waals surface area contributed by atoms with Gasteiger partial charge in [-0.3, -0.25) is 9.59 Å². The van der Waals surface area contributed by atoms with Gasteiger partial charge in [-0.25, -0.2) is 0 Å². The Morgan fingerprint density at radius 3 is 2.26 bits per heavy atom. The van der Waals surface area contributed by atoms with E-state index in [0.29, 0.717) is 11.3 Å². The molecule has 0 N–H and O–H groups in total. The van der Waals surface area contributed by atoms with Crippen LogP contribution in [0.2, 0.25) is 0 Å². The predicted octanol–water partition coefficient (Wildman–Crippen LogP) is 4.29. The van der Waals surface area contributed by atoms with Crippen molar-refractivity contribution in [3.05, 3.63) is 83.2 Å². The largest absolute Gasteiger partial charge is 0.433 e. The molecular formula is C22H22N2O3. The molecule has 1 amide bonds. The molecule has 1 heterocycles. The summed E-state index contributed by atoms with van der Waals surface area (Å²) >= 11 is 0. The highest BCUT2D eigenvalue weighted by Crippen LogP contribution is 2.40. The Balaban J connectivity index is 2.08. The van der Waals surface area contributed by atoms with Crippen LogP contribution in [0.3, 0.4) is 0 Å². The quantitative estimate of drug-likeness (QED) is 0.605. The van der Waals surface area contributed by atoms with Gasteiger partial charge in [0.1, 0.15) is 6.26 Å². The zero-order valence-corrected chi connectivity index (χ0v) is 15.9. The Kier molecular flexibility index (Phi) is 4.95. The molecule has 1 aliphatic heterocycles. The minimum absolute atomic E-state index is 0.271. The maximum absolute atomic E-state index is 13.1. The fourth-order valence-electron chi connectivity index (χ4n) is 2.99. The number of amides is 1. The lowest BCUT2D eigenvalue weighted by molar-refractivity contribution is -0.135. The van der Waals surface area contributed by atoms with Crippen LogP contribution in [0, 0.1) is 12.3 Å². The molecule has 138 valence electrons. The third kappa shape index (κ3) is 3.67. The fourth-order valence-corrected chi connectivity index (χ4v) is 2.99. The van der Waals surface area contributed by atoms with Crippen molar-refractivity contribution in [2.45, 2.75) is 27.7 Å². The number of rotatable bonds is 3. The summed E-state index contributed by atoms with van der Waals surface area (Å²) in [5.41, 5.74) is 3.14. The van der Waals surface area contributed by atoms with Crippen molar-refractivity contribution in [1.82, 2.24) is 5.01 Å². The SMILES string of the molecule is CC(=O)O/C=C1/N(C(=O)c2ccc(C)cc2)N=C(c2ccccc2)C1(C)C. The molecule has 5 heteroatoms. The van der Waals surface area contributed by atoms with E-state index in [2.05, 4.69) is 5.10 Å². The average Bonchev–Trinajstić information content (AvgIpc) is 2.91. The van der Waals surface area contributed by atoms with Gasteiger partial charge in [0.2, 0.25) is 0 Å². The highest BCUT2D eigenvalue weighted by Gasteiger charge is 2.43. The molecule has 2 aromatic carbocycles. The van der Waals surface area contributed by atoms with Gasteiger partial charge in [-0.15, -0.1) is 0 Å². The highest BCUT2D eigenvalue weighted by atomic mass is 16.5. The molecule has 0 bridgehead atoms. The number of nitrogens with zero attached hydrogens (tertiary/aromatic N) is 2. The van der Waals surface area contributed by atoms with Crippen LogP contribution >= 0.6 is 0 Å². The minimum atomic E-state index is -0.614. The van der Waals surface area contributed by atoms with E-state index in [0.717, 1.165) is 16.8 Å². The molecule has 0 aliphatic carbocycles. The molecule has 0 spiro atoms. The summed E-state index contributed by atoms with van der Waals surface area (Å²) in [7, 11) is 0. The Labute approximate surface area is 159 Å². The molecule has 0 radical (unpaired) electrons. The molecule has 0 aromatic heterocycles. The van der Waals surface area contributed by atoms with Gasteiger partial charge < -0.3 is 4.74 Å². The second-order valence-corrected chi connectivity index (χ2v) is 7.04. The Morgan fingerprint density at radius 1 is 1.04 bits per heavy atom. The van der Waals surface area contributed by atoms with Crippen LogP contribution in [0.5, 0.6) is 0 Å². The average molecular weight is 362 g/mol. The van der Waals surface area contributed by atoms with Crippen molar-refractivity contribution in [2.24, 2.45) is 10.5 Å². The number of allylic oxidation sites excluding steroid dienone is 1. The van der Waals surface area contributed by atoms with Crippen molar-refractivity contribution in [1.29, 1.82) is 0 Å². The van der Waals surface area contributed by atoms with Crippen LogP contribution in [0.15, 0.2) is 71.7 Å². The van der Waals surface area contributed by atoms with Gasteiger partial charge in [-0.1, -0.05) is 48.0 Å². The van der Waals surface area contributed by atoms with Crippen molar-refractivity contribution < 1.29 is 14.3 Å². The van der Waals surface area contributed by atoms with Gasteiger partial charge >= 0.3 is 5.97 Å². The van der Waals surface area contributed by atoms with Gasteiger partial charge in [0.25, 0.3) is 5.91 Å². The molecule has 2 aromatic rings. The second-order valence-electron chi connectivity index (χ2n) is 7.04. The monoisotopic (exact) mass is 362 g/mol. The Bertz CT molecular complexity index is 926. The van der Waals surface area contributed by atoms with Gasteiger partial charge in [0, 0.05) is 12.5 Å². The minimum Gasteiger partial charge on any atom is -0.433 e. The molecule has 0 unspecified atom stereocenters. The lowest BCUT2D eigenvalue weighted by Gasteiger charge is -2.24. The summed E-state index contributed by atoms with van der Waals surface area (Å²) in [6.07, 6.45) is 1.33. The molecular weight excluding hydrogens is 340 g/mol. The van der Waals surface area contributed by atoms with Crippen LogP contribution < -0.4 is 0 Å². The smallest absolute Gasteiger partial charge is 0.307 e. The standard InChI is InChI=1S/C22H22N2O3/c1-15-10-12-18(13-11-15)21(26)24-19(14-27-16(2)25)22(3,4)20(23-24)17-8-6-5-7-9-17/h5-14H,1-4H3/b19-14+. The third-order valence-electron chi connectivity index (χ3n) is 4.54. The number of hydrogen-bond donors (Lipinski definition) is 0. The van der Waals surface area contributed by atoms with Crippen LogP contribution in [0.4, 0.5) is 0 Å². The van der Waals surface area contributed by atoms with Crippen LogP contribution in [-0.2, 0) is 9.53 Å². The number of hydrazone groups is 1. The summed E-state index contributed by atoms with van der Waals surface area (Å²) in [6, 6.07) is 17.0. The number of hydrogen-bond acceptors (Lipinski definition) is 4. The summed E-state index contributed by atoms with van der Waals surface area (Å²) in [5, 5.41) is 5.94. The van der Waals surface area contributed by atoms with E-state index in [9.17, 15) is 9.59 Å². The Morgan fingerprint density at radius 2 is 1.67 bits per heavy atom. The normalized spacial score (nSPS) is 17.0. The van der Waals surface area contributed by atoms with Crippen molar-refractivity contribution in [3.63, 3.8) is 0 Å². The van der Waals surface area contributed by atoms with E-state index in [1.165, 1.54) is 18.2 Å². The summed E-state index contributed by atoms with van der Waals surface area (Å²) in [4.78, 5) is 24.5. The van der Waals surface area contributed by atoms with Gasteiger partial charge in [-0.2, -0.15) is 10.1 Å². The number of carbonyl (C=O) groups excluding carboxylic acids is 2. The lowest BCUT2D eigenvalue weighted by Crippen LogP contribution is -2.29. The zero-order valence-electron chi connectivity index (χ0n) is 15.9. The molecule has 0 atom stereocenters. The van der Waals surface area contributed by atoms with Crippen molar-refractivity contribution >= 4 is 17.6 Å². The molecule has 0 saturated carbocycles. The third-order valence-corrected chi connectivity index (χ3v) is 4.54. The van der Waals surface area contributed by atoms with Crippen molar-refractivity contribution in [3.8, 4) is 0 Å². The summed E-state index contributed by atoms with van der Waals surface area (Å²) in [6.45, 7) is 7.20. The number of esters is 1.